The molecule has 0 saturated heterocycles. The van der Waals surface area contributed by atoms with Gasteiger partial charge in [0.15, 0.2) is 11.5 Å². The van der Waals surface area contributed by atoms with Gasteiger partial charge in [0.05, 0.1) is 0 Å². The molecule has 1 aliphatic heterocycles. The lowest BCUT2D eigenvalue weighted by Crippen LogP contribution is -2.17. The Balaban J connectivity index is 1.51. The largest absolute Gasteiger partial charge is 0.486 e. The van der Waals surface area contributed by atoms with Gasteiger partial charge in [0.2, 0.25) is 5.95 Å². The number of benzene rings is 2. The van der Waals surface area contributed by atoms with Gasteiger partial charge >= 0.3 is 0 Å². The molecule has 8 heteroatoms. The molecule has 28 heavy (non-hydrogen) atoms. The second-order valence-corrected chi connectivity index (χ2v) is 6.52. The maximum atomic E-state index is 12.6. The summed E-state index contributed by atoms with van der Waals surface area (Å²) in [5.74, 6) is 1.21. The van der Waals surface area contributed by atoms with Gasteiger partial charge in [-0.15, -0.1) is 0 Å². The van der Waals surface area contributed by atoms with Gasteiger partial charge in [0, 0.05) is 28.7 Å². The van der Waals surface area contributed by atoms with Crippen molar-refractivity contribution in [3.05, 3.63) is 64.9 Å². The van der Waals surface area contributed by atoms with Gasteiger partial charge in [-0.05, 0) is 42.8 Å². The van der Waals surface area contributed by atoms with Gasteiger partial charge in [-0.3, -0.25) is 4.79 Å². The molecule has 2 heterocycles. The van der Waals surface area contributed by atoms with E-state index in [-0.39, 0.29) is 11.6 Å². The molecular weight excluding hydrogens is 380 g/mol. The standard InChI is InChI=1S/C20H17ClN4O3/c1-12-14(21)3-2-4-15(12)24-20-22-8-7-16(25-20)19(26)23-13-5-6-17-18(11-13)28-10-9-27-17/h2-8,11H,9-10H2,1H3,(H,23,26)(H,22,24,25). The van der Waals surface area contributed by atoms with E-state index in [9.17, 15) is 4.79 Å². The van der Waals surface area contributed by atoms with Crippen LogP contribution in [0.3, 0.4) is 0 Å². The van der Waals surface area contributed by atoms with E-state index in [4.69, 9.17) is 21.1 Å². The number of halogens is 1. The quantitative estimate of drug-likeness (QED) is 0.687. The van der Waals surface area contributed by atoms with Crippen LogP contribution in [0.25, 0.3) is 0 Å². The number of rotatable bonds is 4. The number of amides is 1. The molecule has 0 bridgehead atoms. The lowest BCUT2D eigenvalue weighted by Gasteiger charge is -2.19. The molecule has 1 aliphatic rings. The van der Waals surface area contributed by atoms with E-state index < -0.39 is 0 Å². The van der Waals surface area contributed by atoms with Crippen molar-refractivity contribution in [3.63, 3.8) is 0 Å². The van der Waals surface area contributed by atoms with Crippen LogP contribution in [0, 0.1) is 6.92 Å². The summed E-state index contributed by atoms with van der Waals surface area (Å²) < 4.78 is 11.0. The number of fused-ring (bicyclic) bond motifs is 1. The van der Waals surface area contributed by atoms with Crippen LogP contribution in [0.2, 0.25) is 5.02 Å². The van der Waals surface area contributed by atoms with Crippen LogP contribution in [-0.2, 0) is 0 Å². The molecule has 2 aromatic carbocycles. The number of aromatic nitrogens is 2. The number of anilines is 3. The molecule has 4 rings (SSSR count). The Labute approximate surface area is 166 Å². The Morgan fingerprint density at radius 2 is 1.93 bits per heavy atom. The average Bonchev–Trinajstić information content (AvgIpc) is 2.71. The molecule has 0 aliphatic carbocycles. The Kier molecular flexibility index (Phi) is 4.99. The number of carbonyl (C=O) groups excluding carboxylic acids is 1. The van der Waals surface area contributed by atoms with Crippen LogP contribution in [0.4, 0.5) is 17.3 Å². The summed E-state index contributed by atoms with van der Waals surface area (Å²) in [5.41, 5.74) is 2.47. The van der Waals surface area contributed by atoms with Crippen molar-refractivity contribution in [2.75, 3.05) is 23.8 Å². The van der Waals surface area contributed by atoms with Gasteiger partial charge in [-0.25, -0.2) is 9.97 Å². The van der Waals surface area contributed by atoms with Crippen LogP contribution < -0.4 is 20.1 Å². The Morgan fingerprint density at radius 1 is 1.11 bits per heavy atom. The fourth-order valence-electron chi connectivity index (χ4n) is 2.72. The minimum atomic E-state index is -0.357. The van der Waals surface area contributed by atoms with E-state index in [1.807, 2.05) is 19.1 Å². The van der Waals surface area contributed by atoms with Gasteiger partial charge < -0.3 is 20.1 Å². The maximum absolute atomic E-state index is 12.6. The monoisotopic (exact) mass is 396 g/mol. The third-order valence-corrected chi connectivity index (χ3v) is 4.61. The fraction of sp³-hybridized carbons (Fsp3) is 0.150. The first-order chi connectivity index (χ1) is 13.6. The molecule has 0 unspecified atom stereocenters. The average molecular weight is 397 g/mol. The number of nitrogens with zero attached hydrogens (tertiary/aromatic N) is 2. The molecule has 0 spiro atoms. The normalized spacial score (nSPS) is 12.4. The van der Waals surface area contributed by atoms with Crippen molar-refractivity contribution >= 4 is 34.8 Å². The molecule has 7 nitrogen and oxygen atoms in total. The number of carbonyl (C=O) groups is 1. The predicted molar refractivity (Wildman–Crippen MR) is 107 cm³/mol. The zero-order valence-electron chi connectivity index (χ0n) is 15.0. The molecule has 0 radical (unpaired) electrons. The van der Waals surface area contributed by atoms with Gasteiger partial charge in [0.1, 0.15) is 18.9 Å². The van der Waals surface area contributed by atoms with Crippen LogP contribution >= 0.6 is 11.6 Å². The highest BCUT2D eigenvalue weighted by Gasteiger charge is 2.15. The highest BCUT2D eigenvalue weighted by molar-refractivity contribution is 6.31. The Bertz CT molecular complexity index is 1040. The second-order valence-electron chi connectivity index (χ2n) is 6.12. The molecular formula is C20H17ClN4O3. The highest BCUT2D eigenvalue weighted by atomic mass is 35.5. The van der Waals surface area contributed by atoms with Crippen molar-refractivity contribution < 1.29 is 14.3 Å². The smallest absolute Gasteiger partial charge is 0.274 e. The van der Waals surface area contributed by atoms with E-state index in [1.54, 1.807) is 30.3 Å². The first-order valence-corrected chi connectivity index (χ1v) is 9.04. The summed E-state index contributed by atoms with van der Waals surface area (Å²) in [6, 6.07) is 12.3. The third-order valence-electron chi connectivity index (χ3n) is 4.20. The molecule has 0 atom stereocenters. The predicted octanol–water partition coefficient (Wildman–Crippen LogP) is 4.21. The Morgan fingerprint density at radius 3 is 2.79 bits per heavy atom. The number of hydrogen-bond acceptors (Lipinski definition) is 6. The topological polar surface area (TPSA) is 85.4 Å². The van der Waals surface area contributed by atoms with Crippen molar-refractivity contribution in [3.8, 4) is 11.5 Å². The first kappa shape index (κ1) is 18.1. The fourth-order valence-corrected chi connectivity index (χ4v) is 2.90. The van der Waals surface area contributed by atoms with Crippen molar-refractivity contribution in [2.24, 2.45) is 0 Å². The van der Waals surface area contributed by atoms with E-state index in [0.29, 0.717) is 41.4 Å². The number of ether oxygens (including phenoxy) is 2. The van der Waals surface area contributed by atoms with Gasteiger partial charge in [-0.2, -0.15) is 0 Å². The molecule has 142 valence electrons. The Hall–Kier alpha value is -3.32. The third kappa shape index (κ3) is 3.84. The molecule has 3 aromatic rings. The van der Waals surface area contributed by atoms with Crippen LogP contribution in [0.5, 0.6) is 11.5 Å². The van der Waals surface area contributed by atoms with Crippen molar-refractivity contribution in [2.45, 2.75) is 6.92 Å². The van der Waals surface area contributed by atoms with Crippen molar-refractivity contribution in [1.82, 2.24) is 9.97 Å². The molecule has 0 saturated carbocycles. The van der Waals surface area contributed by atoms with E-state index in [1.165, 1.54) is 6.20 Å². The van der Waals surface area contributed by atoms with Crippen LogP contribution in [0.1, 0.15) is 16.1 Å². The summed E-state index contributed by atoms with van der Waals surface area (Å²) in [6.45, 7) is 2.89. The molecule has 1 amide bonds. The van der Waals surface area contributed by atoms with Crippen molar-refractivity contribution in [1.29, 1.82) is 0 Å². The summed E-state index contributed by atoms with van der Waals surface area (Å²) in [4.78, 5) is 21.0. The van der Waals surface area contributed by atoms with E-state index in [2.05, 4.69) is 20.6 Å². The second kappa shape index (κ2) is 7.74. The number of nitrogens with one attached hydrogen (secondary N) is 2. The highest BCUT2D eigenvalue weighted by Crippen LogP contribution is 2.32. The zero-order chi connectivity index (χ0) is 19.5. The molecule has 1 aromatic heterocycles. The minimum absolute atomic E-state index is 0.229. The lowest BCUT2D eigenvalue weighted by molar-refractivity contribution is 0.102. The molecule has 0 fully saturated rings. The van der Waals surface area contributed by atoms with E-state index >= 15 is 0 Å². The minimum Gasteiger partial charge on any atom is -0.486 e. The van der Waals surface area contributed by atoms with Gasteiger partial charge in [0.25, 0.3) is 5.91 Å². The molecule has 2 N–H and O–H groups in total. The first-order valence-electron chi connectivity index (χ1n) is 8.66. The SMILES string of the molecule is Cc1c(Cl)cccc1Nc1nccc(C(=O)Nc2ccc3c(c2)OCCO3)n1. The lowest BCUT2D eigenvalue weighted by atomic mass is 10.2. The van der Waals surface area contributed by atoms with E-state index in [0.717, 1.165) is 11.3 Å². The summed E-state index contributed by atoms with van der Waals surface area (Å²) >= 11 is 6.14. The van der Waals surface area contributed by atoms with Crippen LogP contribution in [0.15, 0.2) is 48.7 Å². The summed E-state index contributed by atoms with van der Waals surface area (Å²) in [7, 11) is 0. The summed E-state index contributed by atoms with van der Waals surface area (Å²) in [6.07, 6.45) is 1.52. The maximum Gasteiger partial charge on any atom is 0.274 e. The van der Waals surface area contributed by atoms with Gasteiger partial charge in [-0.1, -0.05) is 17.7 Å². The number of hydrogen-bond donors (Lipinski definition) is 2. The summed E-state index contributed by atoms with van der Waals surface area (Å²) in [5, 5.41) is 6.53. The van der Waals surface area contributed by atoms with Crippen LogP contribution in [-0.4, -0.2) is 29.1 Å². The zero-order valence-corrected chi connectivity index (χ0v) is 15.8.